The molecule has 0 bridgehead atoms. The number of hydrogen-bond acceptors (Lipinski definition) is 2. The molecule has 0 aliphatic heterocycles. The molecule has 2 nitrogen and oxygen atoms in total. The Labute approximate surface area is 153 Å². The molecular formula is C21H25BrO2. The van der Waals surface area contributed by atoms with E-state index in [0.717, 1.165) is 10.0 Å². The number of esters is 1. The van der Waals surface area contributed by atoms with Gasteiger partial charge in [-0.2, -0.15) is 0 Å². The van der Waals surface area contributed by atoms with Crippen LogP contribution < -0.4 is 4.74 Å². The highest BCUT2D eigenvalue weighted by atomic mass is 79.9. The maximum atomic E-state index is 12.5. The maximum Gasteiger partial charge on any atom is 0.343 e. The van der Waals surface area contributed by atoms with Crippen molar-refractivity contribution < 1.29 is 9.53 Å². The molecule has 0 heterocycles. The second-order valence-corrected chi connectivity index (χ2v) is 9.02. The number of carbonyl (C=O) groups excluding carboxylic acids is 1. The lowest BCUT2D eigenvalue weighted by Crippen LogP contribution is -2.17. The number of rotatable bonds is 2. The van der Waals surface area contributed by atoms with Gasteiger partial charge in [0.25, 0.3) is 0 Å². The third-order valence-corrected chi connectivity index (χ3v) is 4.43. The highest BCUT2D eigenvalue weighted by Crippen LogP contribution is 2.34. The topological polar surface area (TPSA) is 26.3 Å². The molecule has 2 aromatic carbocycles. The SMILES string of the molecule is CC(C)(C)c1ccc(C(=O)Oc2ccc(Br)cc2C(C)(C)C)cc1. The van der Waals surface area contributed by atoms with Gasteiger partial charge in [-0.05, 0) is 46.7 Å². The molecule has 0 N–H and O–H groups in total. The molecule has 0 spiro atoms. The van der Waals surface area contributed by atoms with Crippen LogP contribution in [0.3, 0.4) is 0 Å². The summed E-state index contributed by atoms with van der Waals surface area (Å²) < 4.78 is 6.65. The summed E-state index contributed by atoms with van der Waals surface area (Å²) in [5, 5.41) is 0. The Balaban J connectivity index is 2.27. The molecule has 0 fully saturated rings. The fourth-order valence-corrected chi connectivity index (χ4v) is 2.80. The molecule has 0 saturated heterocycles. The van der Waals surface area contributed by atoms with E-state index in [9.17, 15) is 4.79 Å². The van der Waals surface area contributed by atoms with Gasteiger partial charge in [-0.1, -0.05) is 69.6 Å². The summed E-state index contributed by atoms with van der Waals surface area (Å²) in [6.45, 7) is 12.8. The first kappa shape index (κ1) is 18.7. The van der Waals surface area contributed by atoms with Crippen molar-refractivity contribution >= 4 is 21.9 Å². The van der Waals surface area contributed by atoms with Crippen LogP contribution in [0.4, 0.5) is 0 Å². The van der Waals surface area contributed by atoms with Crippen LogP contribution in [0.5, 0.6) is 5.75 Å². The highest BCUT2D eigenvalue weighted by molar-refractivity contribution is 9.10. The molecule has 2 rings (SSSR count). The van der Waals surface area contributed by atoms with Crippen molar-refractivity contribution in [1.82, 2.24) is 0 Å². The van der Waals surface area contributed by atoms with E-state index in [1.165, 1.54) is 5.56 Å². The quantitative estimate of drug-likeness (QED) is 0.447. The number of halogens is 1. The largest absolute Gasteiger partial charge is 0.423 e. The molecule has 0 atom stereocenters. The monoisotopic (exact) mass is 388 g/mol. The van der Waals surface area contributed by atoms with Gasteiger partial charge in [0, 0.05) is 10.0 Å². The first-order valence-corrected chi connectivity index (χ1v) is 8.90. The predicted octanol–water partition coefficient (Wildman–Crippen LogP) is 6.26. The summed E-state index contributed by atoms with van der Waals surface area (Å²) in [4.78, 5) is 12.5. The molecule has 24 heavy (non-hydrogen) atoms. The second kappa shape index (κ2) is 6.72. The van der Waals surface area contributed by atoms with Crippen molar-refractivity contribution in [3.8, 4) is 5.75 Å². The van der Waals surface area contributed by atoms with E-state index in [1.807, 2.05) is 42.5 Å². The average Bonchev–Trinajstić information content (AvgIpc) is 2.47. The fourth-order valence-electron chi connectivity index (χ4n) is 2.44. The van der Waals surface area contributed by atoms with Crippen molar-refractivity contribution in [1.29, 1.82) is 0 Å². The van der Waals surface area contributed by atoms with Gasteiger partial charge in [0.15, 0.2) is 0 Å². The molecule has 3 heteroatoms. The van der Waals surface area contributed by atoms with Crippen molar-refractivity contribution in [2.75, 3.05) is 0 Å². The zero-order valence-corrected chi connectivity index (χ0v) is 16.8. The first-order chi connectivity index (χ1) is 11.0. The average molecular weight is 389 g/mol. The maximum absolute atomic E-state index is 12.5. The fraction of sp³-hybridized carbons (Fsp3) is 0.381. The molecular weight excluding hydrogens is 364 g/mol. The number of benzene rings is 2. The van der Waals surface area contributed by atoms with Crippen LogP contribution in [0.15, 0.2) is 46.9 Å². The third kappa shape index (κ3) is 4.47. The summed E-state index contributed by atoms with van der Waals surface area (Å²) >= 11 is 3.49. The van der Waals surface area contributed by atoms with Crippen LogP contribution in [0.1, 0.15) is 63.0 Å². The Hall–Kier alpha value is -1.61. The van der Waals surface area contributed by atoms with E-state index in [0.29, 0.717) is 11.3 Å². The zero-order chi connectivity index (χ0) is 18.1. The van der Waals surface area contributed by atoms with Crippen LogP contribution >= 0.6 is 15.9 Å². The van der Waals surface area contributed by atoms with Crippen LogP contribution in [-0.2, 0) is 10.8 Å². The van der Waals surface area contributed by atoms with Crippen LogP contribution in [0, 0.1) is 0 Å². The lowest BCUT2D eigenvalue weighted by Gasteiger charge is -2.22. The van der Waals surface area contributed by atoms with Crippen LogP contribution in [0.2, 0.25) is 0 Å². The van der Waals surface area contributed by atoms with Gasteiger partial charge in [-0.25, -0.2) is 4.79 Å². The van der Waals surface area contributed by atoms with E-state index in [1.54, 1.807) is 0 Å². The smallest absolute Gasteiger partial charge is 0.343 e. The summed E-state index contributed by atoms with van der Waals surface area (Å²) in [5.74, 6) is 0.277. The van der Waals surface area contributed by atoms with Gasteiger partial charge in [0.1, 0.15) is 5.75 Å². The minimum atomic E-state index is -0.330. The number of hydrogen-bond donors (Lipinski definition) is 0. The molecule has 0 aliphatic carbocycles. The summed E-state index contributed by atoms with van der Waals surface area (Å²) in [6.07, 6.45) is 0. The Morgan fingerprint density at radius 3 is 1.96 bits per heavy atom. The van der Waals surface area contributed by atoms with Crippen molar-refractivity contribution in [2.24, 2.45) is 0 Å². The second-order valence-electron chi connectivity index (χ2n) is 8.11. The van der Waals surface area contributed by atoms with E-state index in [-0.39, 0.29) is 16.8 Å². The van der Waals surface area contributed by atoms with Crippen molar-refractivity contribution in [3.05, 3.63) is 63.6 Å². The molecule has 0 saturated carbocycles. The molecule has 0 amide bonds. The van der Waals surface area contributed by atoms with E-state index >= 15 is 0 Å². The first-order valence-electron chi connectivity index (χ1n) is 8.11. The Morgan fingerprint density at radius 2 is 1.46 bits per heavy atom. The zero-order valence-electron chi connectivity index (χ0n) is 15.2. The molecule has 2 aromatic rings. The molecule has 0 aliphatic rings. The van der Waals surface area contributed by atoms with E-state index in [2.05, 4.69) is 57.5 Å². The van der Waals surface area contributed by atoms with E-state index in [4.69, 9.17) is 4.74 Å². The molecule has 128 valence electrons. The standard InChI is InChI=1S/C21H25BrO2/c1-20(2,3)15-9-7-14(8-10-15)19(23)24-18-12-11-16(22)13-17(18)21(4,5)6/h7-13H,1-6H3. The lowest BCUT2D eigenvalue weighted by molar-refractivity contribution is 0.0732. The van der Waals surface area contributed by atoms with Gasteiger partial charge in [-0.15, -0.1) is 0 Å². The molecule has 0 unspecified atom stereocenters. The normalized spacial score (nSPS) is 12.1. The third-order valence-electron chi connectivity index (χ3n) is 3.94. The lowest BCUT2D eigenvalue weighted by atomic mass is 9.86. The Bertz CT molecular complexity index is 732. The number of carbonyl (C=O) groups is 1. The van der Waals surface area contributed by atoms with Crippen LogP contribution in [-0.4, -0.2) is 5.97 Å². The molecule has 0 radical (unpaired) electrons. The van der Waals surface area contributed by atoms with Gasteiger partial charge >= 0.3 is 5.97 Å². The summed E-state index contributed by atoms with van der Waals surface area (Å²) in [5.41, 5.74) is 2.70. The predicted molar refractivity (Wildman–Crippen MR) is 103 cm³/mol. The Kier molecular flexibility index (Phi) is 5.24. The summed E-state index contributed by atoms with van der Waals surface area (Å²) in [7, 11) is 0. The minimum absolute atomic E-state index is 0.0630. The summed E-state index contributed by atoms with van der Waals surface area (Å²) in [6, 6.07) is 13.4. The van der Waals surface area contributed by atoms with Crippen molar-refractivity contribution in [2.45, 2.75) is 52.4 Å². The van der Waals surface area contributed by atoms with Gasteiger partial charge in [0.05, 0.1) is 5.56 Å². The molecule has 0 aromatic heterocycles. The van der Waals surface area contributed by atoms with Crippen LogP contribution in [0.25, 0.3) is 0 Å². The van der Waals surface area contributed by atoms with Gasteiger partial charge in [0.2, 0.25) is 0 Å². The minimum Gasteiger partial charge on any atom is -0.423 e. The Morgan fingerprint density at radius 1 is 0.875 bits per heavy atom. The highest BCUT2D eigenvalue weighted by Gasteiger charge is 2.22. The van der Waals surface area contributed by atoms with E-state index < -0.39 is 0 Å². The van der Waals surface area contributed by atoms with Crippen molar-refractivity contribution in [3.63, 3.8) is 0 Å². The van der Waals surface area contributed by atoms with Gasteiger partial charge < -0.3 is 4.74 Å². The number of ether oxygens (including phenoxy) is 1. The van der Waals surface area contributed by atoms with Gasteiger partial charge in [-0.3, -0.25) is 0 Å².